The van der Waals surface area contributed by atoms with Crippen molar-refractivity contribution in [2.45, 2.75) is 12.5 Å². The zero-order valence-electron chi connectivity index (χ0n) is 14.3. The van der Waals surface area contributed by atoms with Crippen LogP contribution in [0.25, 0.3) is 0 Å². The average molecular weight is 344 g/mol. The fraction of sp³-hybridized carbons (Fsp3) is 0.421. The molecule has 6 nitrogen and oxygen atoms in total. The summed E-state index contributed by atoms with van der Waals surface area (Å²) in [6, 6.07) is 5.99. The molecule has 0 radical (unpaired) electrons. The Kier molecular flexibility index (Phi) is 6.09. The average Bonchev–Trinajstić information content (AvgIpc) is 2.65. The van der Waals surface area contributed by atoms with Crippen molar-refractivity contribution >= 4 is 5.71 Å². The van der Waals surface area contributed by atoms with Crippen LogP contribution in [-0.4, -0.2) is 51.4 Å². The van der Waals surface area contributed by atoms with Crippen molar-refractivity contribution < 1.29 is 18.9 Å². The molecule has 0 spiro atoms. The van der Waals surface area contributed by atoms with E-state index in [0.717, 1.165) is 30.0 Å². The number of nitrogens with zero attached hydrogens (tertiary/aromatic N) is 1. The summed E-state index contributed by atoms with van der Waals surface area (Å²) in [5, 5.41) is 0. The van der Waals surface area contributed by atoms with E-state index in [2.05, 4.69) is 11.6 Å². The van der Waals surface area contributed by atoms with Crippen LogP contribution in [0.4, 0.5) is 0 Å². The van der Waals surface area contributed by atoms with Crippen LogP contribution in [0.3, 0.4) is 0 Å². The number of aliphatic imine (C=N–C) groups is 1. The SMILES string of the molecule is C=CCOc1ccc2c(c1)CCN=C2/C=C(\N)OC[C@H]1COCCO1. The number of hydrogen-bond acceptors (Lipinski definition) is 6. The van der Waals surface area contributed by atoms with Gasteiger partial charge in [0, 0.05) is 18.2 Å². The van der Waals surface area contributed by atoms with Crippen molar-refractivity contribution in [1.29, 1.82) is 0 Å². The zero-order chi connectivity index (χ0) is 17.5. The molecule has 2 aliphatic heterocycles. The molecule has 6 heteroatoms. The van der Waals surface area contributed by atoms with Crippen LogP contribution in [0, 0.1) is 0 Å². The second-order valence-electron chi connectivity index (χ2n) is 5.86. The van der Waals surface area contributed by atoms with E-state index in [1.807, 2.05) is 18.2 Å². The number of rotatable bonds is 7. The summed E-state index contributed by atoms with van der Waals surface area (Å²) in [5.41, 5.74) is 9.08. The van der Waals surface area contributed by atoms with Gasteiger partial charge in [0.2, 0.25) is 0 Å². The minimum atomic E-state index is -0.0779. The number of allylic oxidation sites excluding steroid dienone is 1. The van der Waals surface area contributed by atoms with Crippen molar-refractivity contribution in [2.75, 3.05) is 39.6 Å². The summed E-state index contributed by atoms with van der Waals surface area (Å²) < 4.78 is 22.1. The molecule has 1 fully saturated rings. The molecule has 0 bridgehead atoms. The Bertz CT molecular complexity index is 663. The predicted molar refractivity (Wildman–Crippen MR) is 96.0 cm³/mol. The van der Waals surface area contributed by atoms with Gasteiger partial charge in [-0.05, 0) is 30.2 Å². The van der Waals surface area contributed by atoms with Crippen molar-refractivity contribution in [3.8, 4) is 5.75 Å². The number of benzene rings is 1. The first-order chi connectivity index (χ1) is 12.3. The highest BCUT2D eigenvalue weighted by molar-refractivity contribution is 6.10. The maximum Gasteiger partial charge on any atom is 0.186 e. The Morgan fingerprint density at radius 2 is 2.32 bits per heavy atom. The Morgan fingerprint density at radius 3 is 3.12 bits per heavy atom. The molecule has 0 aromatic heterocycles. The molecule has 3 rings (SSSR count). The molecule has 134 valence electrons. The minimum Gasteiger partial charge on any atom is -0.490 e. The van der Waals surface area contributed by atoms with E-state index in [9.17, 15) is 0 Å². The molecule has 1 saturated heterocycles. The highest BCUT2D eigenvalue weighted by atomic mass is 16.6. The van der Waals surface area contributed by atoms with Crippen LogP contribution >= 0.6 is 0 Å². The van der Waals surface area contributed by atoms with Gasteiger partial charge in [-0.3, -0.25) is 4.99 Å². The smallest absolute Gasteiger partial charge is 0.186 e. The second kappa shape index (κ2) is 8.69. The first kappa shape index (κ1) is 17.5. The number of ether oxygens (including phenoxy) is 4. The molecular formula is C19H24N2O4. The fourth-order valence-electron chi connectivity index (χ4n) is 2.78. The van der Waals surface area contributed by atoms with Gasteiger partial charge in [0.25, 0.3) is 0 Å². The van der Waals surface area contributed by atoms with Gasteiger partial charge >= 0.3 is 0 Å². The quantitative estimate of drug-likeness (QED) is 0.603. The topological polar surface area (TPSA) is 75.3 Å². The summed E-state index contributed by atoms with van der Waals surface area (Å²) in [7, 11) is 0. The van der Waals surface area contributed by atoms with E-state index >= 15 is 0 Å². The Morgan fingerprint density at radius 1 is 1.40 bits per heavy atom. The largest absolute Gasteiger partial charge is 0.490 e. The lowest BCUT2D eigenvalue weighted by Gasteiger charge is -2.23. The van der Waals surface area contributed by atoms with Crippen LogP contribution in [0.5, 0.6) is 5.75 Å². The lowest BCUT2D eigenvalue weighted by Crippen LogP contribution is -2.32. The number of hydrogen-bond donors (Lipinski definition) is 1. The van der Waals surface area contributed by atoms with Gasteiger partial charge in [0.1, 0.15) is 25.1 Å². The highest BCUT2D eigenvalue weighted by Crippen LogP contribution is 2.23. The first-order valence-corrected chi connectivity index (χ1v) is 8.47. The molecule has 0 aliphatic carbocycles. The van der Waals surface area contributed by atoms with Crippen LogP contribution in [0.15, 0.2) is 47.8 Å². The van der Waals surface area contributed by atoms with Crippen LogP contribution in [0.1, 0.15) is 11.1 Å². The molecule has 1 aromatic carbocycles. The summed E-state index contributed by atoms with van der Waals surface area (Å²) in [6.07, 6.45) is 4.30. The first-order valence-electron chi connectivity index (χ1n) is 8.47. The van der Waals surface area contributed by atoms with Crippen LogP contribution in [-0.2, 0) is 20.6 Å². The Hall–Kier alpha value is -2.31. The number of fused-ring (bicyclic) bond motifs is 1. The third-order valence-electron chi connectivity index (χ3n) is 3.98. The van der Waals surface area contributed by atoms with Crippen LogP contribution in [0.2, 0.25) is 0 Å². The number of nitrogens with two attached hydrogens (primary N) is 1. The van der Waals surface area contributed by atoms with Gasteiger partial charge in [0.15, 0.2) is 5.88 Å². The third kappa shape index (κ3) is 4.84. The van der Waals surface area contributed by atoms with Crippen LogP contribution < -0.4 is 10.5 Å². The van der Waals surface area contributed by atoms with E-state index in [4.69, 9.17) is 24.7 Å². The molecule has 1 atom stereocenters. The standard InChI is InChI=1S/C19H24N2O4/c1-2-7-23-15-3-4-17-14(10-15)5-6-21-18(17)11-19(20)25-13-16-12-22-8-9-24-16/h2-4,10-11,16H,1,5-9,12-13,20H2/b19-11+/t16-/m1/s1. The fourth-order valence-corrected chi connectivity index (χ4v) is 2.78. The summed E-state index contributed by atoms with van der Waals surface area (Å²) >= 11 is 0. The Balaban J connectivity index is 1.64. The van der Waals surface area contributed by atoms with Gasteiger partial charge < -0.3 is 24.7 Å². The Labute approximate surface area is 147 Å². The normalized spacial score (nSPS) is 20.4. The van der Waals surface area contributed by atoms with E-state index in [-0.39, 0.29) is 6.10 Å². The van der Waals surface area contributed by atoms with Gasteiger partial charge in [-0.25, -0.2) is 0 Å². The second-order valence-corrected chi connectivity index (χ2v) is 5.86. The molecule has 0 amide bonds. The molecule has 2 heterocycles. The molecule has 2 N–H and O–H groups in total. The monoisotopic (exact) mass is 344 g/mol. The maximum absolute atomic E-state index is 6.00. The molecule has 1 aromatic rings. The molecule has 0 unspecified atom stereocenters. The van der Waals surface area contributed by atoms with Crippen molar-refractivity contribution in [2.24, 2.45) is 10.7 Å². The van der Waals surface area contributed by atoms with Gasteiger partial charge in [-0.1, -0.05) is 12.7 Å². The summed E-state index contributed by atoms with van der Waals surface area (Å²) in [6.45, 7) is 7.00. The van der Waals surface area contributed by atoms with E-state index in [1.54, 1.807) is 12.2 Å². The maximum atomic E-state index is 6.00. The van der Waals surface area contributed by atoms with E-state index in [1.165, 1.54) is 5.56 Å². The van der Waals surface area contributed by atoms with Crippen molar-refractivity contribution in [3.63, 3.8) is 0 Å². The lowest BCUT2D eigenvalue weighted by atomic mass is 9.97. The van der Waals surface area contributed by atoms with Crippen molar-refractivity contribution in [1.82, 2.24) is 0 Å². The predicted octanol–water partition coefficient (Wildman–Crippen LogP) is 1.83. The van der Waals surface area contributed by atoms with Gasteiger partial charge in [-0.15, -0.1) is 0 Å². The summed E-state index contributed by atoms with van der Waals surface area (Å²) in [5.74, 6) is 1.16. The third-order valence-corrected chi connectivity index (χ3v) is 3.98. The summed E-state index contributed by atoms with van der Waals surface area (Å²) in [4.78, 5) is 4.56. The molecule has 0 saturated carbocycles. The minimum absolute atomic E-state index is 0.0779. The zero-order valence-corrected chi connectivity index (χ0v) is 14.3. The van der Waals surface area contributed by atoms with E-state index in [0.29, 0.717) is 38.9 Å². The van der Waals surface area contributed by atoms with Gasteiger partial charge in [-0.2, -0.15) is 0 Å². The molecule has 2 aliphatic rings. The lowest BCUT2D eigenvalue weighted by molar-refractivity contribution is -0.108. The highest BCUT2D eigenvalue weighted by Gasteiger charge is 2.17. The van der Waals surface area contributed by atoms with Gasteiger partial charge in [0.05, 0.1) is 25.5 Å². The molecular weight excluding hydrogens is 320 g/mol. The van der Waals surface area contributed by atoms with E-state index < -0.39 is 0 Å². The molecule has 25 heavy (non-hydrogen) atoms. The van der Waals surface area contributed by atoms with Crippen molar-refractivity contribution in [3.05, 3.63) is 53.9 Å².